The summed E-state index contributed by atoms with van der Waals surface area (Å²) in [5, 5.41) is 14.2. The van der Waals surface area contributed by atoms with Crippen LogP contribution in [0.15, 0.2) is 0 Å². The summed E-state index contributed by atoms with van der Waals surface area (Å²) in [6.45, 7) is 19.6. The lowest BCUT2D eigenvalue weighted by Gasteiger charge is -2.38. The van der Waals surface area contributed by atoms with Gasteiger partial charge in [-0.15, -0.1) is 0 Å². The van der Waals surface area contributed by atoms with Crippen LogP contribution in [0, 0.1) is 34.5 Å². The number of Topliss-reactive ketones (excluding diaryl/α,β-unsaturated/α-hetero) is 1. The third kappa shape index (κ3) is 8.90. The minimum atomic E-state index is -1.10. The van der Waals surface area contributed by atoms with Gasteiger partial charge in [0.25, 0.3) is 5.91 Å². The van der Waals surface area contributed by atoms with Gasteiger partial charge in [0.05, 0.1) is 12.1 Å². The fraction of sp³-hybridized carbons (Fsp3) is 0.818. The van der Waals surface area contributed by atoms with Gasteiger partial charge in [0.2, 0.25) is 17.6 Å². The highest BCUT2D eigenvalue weighted by Gasteiger charge is 2.70. The van der Waals surface area contributed by atoms with Crippen molar-refractivity contribution in [2.45, 2.75) is 125 Å². The lowest BCUT2D eigenvalue weighted by atomic mass is 9.80. The number of urea groups is 2. The summed E-state index contributed by atoms with van der Waals surface area (Å²) >= 11 is 0. The van der Waals surface area contributed by atoms with Crippen molar-refractivity contribution in [2.75, 3.05) is 13.1 Å². The van der Waals surface area contributed by atoms with E-state index < -0.39 is 64.7 Å². The molecule has 0 radical (unpaired) electrons. The number of hydrogen-bond acceptors (Lipinski definition) is 6. The van der Waals surface area contributed by atoms with Crippen molar-refractivity contribution in [3.63, 3.8) is 0 Å². The van der Waals surface area contributed by atoms with Crippen LogP contribution < -0.4 is 32.3 Å². The van der Waals surface area contributed by atoms with Gasteiger partial charge >= 0.3 is 12.1 Å². The summed E-state index contributed by atoms with van der Waals surface area (Å²) in [5.41, 5.74) is 4.00. The predicted molar refractivity (Wildman–Crippen MR) is 174 cm³/mol. The number of carbonyl (C=O) groups excluding carboxylic acids is 6. The molecule has 1 unspecified atom stereocenters. The minimum Gasteiger partial charge on any atom is -0.363 e. The smallest absolute Gasteiger partial charge is 0.315 e. The number of nitrogens with one attached hydrogen (secondary N) is 5. The van der Waals surface area contributed by atoms with Gasteiger partial charge in [0.1, 0.15) is 12.1 Å². The highest BCUT2D eigenvalue weighted by Crippen LogP contribution is 2.65. The lowest BCUT2D eigenvalue weighted by molar-refractivity contribution is -0.145. The largest absolute Gasteiger partial charge is 0.363 e. The number of fused-ring (bicyclic) bond motifs is 1. The molecule has 2 aliphatic carbocycles. The van der Waals surface area contributed by atoms with Crippen molar-refractivity contribution in [3.8, 4) is 0 Å². The first-order chi connectivity index (χ1) is 21.0. The molecule has 1 saturated heterocycles. The number of likely N-dealkylation sites (tertiary alicyclic amines) is 1. The molecule has 6 atom stereocenters. The van der Waals surface area contributed by atoms with Crippen molar-refractivity contribution in [3.05, 3.63) is 0 Å². The van der Waals surface area contributed by atoms with Gasteiger partial charge in [-0.2, -0.15) is 0 Å². The Morgan fingerprint density at radius 3 is 2.00 bits per heavy atom. The highest BCUT2D eigenvalue weighted by atomic mass is 16.2. The monoisotopic (exact) mass is 647 g/mol. The van der Waals surface area contributed by atoms with Crippen LogP contribution in [0.4, 0.5) is 9.59 Å². The molecule has 1 aliphatic heterocycles. The SMILES string of the molecule is CC(C)[C@@H](CNC(=O)NC(C)(C)C)NC(=O)N[C@H](C(=O)N1C[C@H]2[C@@H]([C@H]1C(=O)NC(CC1CCC1)C(=O)C(N)=O)C2(C)C)C(C)(C)C. The van der Waals surface area contributed by atoms with E-state index in [-0.39, 0.29) is 41.7 Å². The van der Waals surface area contributed by atoms with Crippen molar-refractivity contribution in [2.24, 2.45) is 40.2 Å². The van der Waals surface area contributed by atoms with Crippen molar-refractivity contribution in [1.29, 1.82) is 0 Å². The fourth-order valence-electron chi connectivity index (χ4n) is 6.73. The van der Waals surface area contributed by atoms with Gasteiger partial charge < -0.3 is 37.2 Å². The van der Waals surface area contributed by atoms with Crippen molar-refractivity contribution < 1.29 is 28.8 Å². The zero-order valence-corrected chi connectivity index (χ0v) is 29.3. The Hall–Kier alpha value is -3.38. The van der Waals surface area contributed by atoms with Crippen LogP contribution in [0.25, 0.3) is 0 Å². The third-order valence-electron chi connectivity index (χ3n) is 9.91. The average molecular weight is 648 g/mol. The molecule has 0 aromatic heterocycles. The molecule has 3 rings (SSSR count). The summed E-state index contributed by atoms with van der Waals surface area (Å²) in [6.07, 6.45) is 3.21. The number of amides is 7. The Labute approximate surface area is 273 Å². The van der Waals surface area contributed by atoms with E-state index in [0.29, 0.717) is 13.0 Å². The minimum absolute atomic E-state index is 0.0264. The number of piperidine rings is 1. The molecule has 13 nitrogen and oxygen atoms in total. The standard InChI is InChI=1S/C33H57N7O6/c1-17(2)21(15-35-29(45)39-32(6,7)8)37-30(46)38-25(31(3,4)5)28(44)40-16-19-22(33(19,9)10)23(40)27(43)36-20(24(41)26(34)42)14-18-12-11-13-18/h17-23,25H,11-16H2,1-10H3,(H2,34,42)(H,36,43)(H2,35,39,45)(H2,37,38,46)/t19-,20?,21+,22-,23-,25+/m0/s1. The summed E-state index contributed by atoms with van der Waals surface area (Å²) < 4.78 is 0. The van der Waals surface area contributed by atoms with E-state index in [4.69, 9.17) is 5.73 Å². The molecule has 7 amide bonds. The molecule has 46 heavy (non-hydrogen) atoms. The molecule has 0 bridgehead atoms. The Morgan fingerprint density at radius 2 is 1.52 bits per heavy atom. The Bertz CT molecular complexity index is 1200. The van der Waals surface area contributed by atoms with Gasteiger partial charge in [-0.3, -0.25) is 19.2 Å². The second-order valence-corrected chi connectivity index (χ2v) is 16.6. The predicted octanol–water partition coefficient (Wildman–Crippen LogP) is 2.04. The fourth-order valence-corrected chi connectivity index (χ4v) is 6.73. The second kappa shape index (κ2) is 13.8. The number of ketones is 1. The third-order valence-corrected chi connectivity index (χ3v) is 9.91. The van der Waals surface area contributed by atoms with Crippen LogP contribution in [0.5, 0.6) is 0 Å². The summed E-state index contributed by atoms with van der Waals surface area (Å²) in [4.78, 5) is 79.8. The molecule has 260 valence electrons. The zero-order valence-electron chi connectivity index (χ0n) is 29.3. The summed E-state index contributed by atoms with van der Waals surface area (Å²) in [6, 6.07) is -4.22. The zero-order chi connectivity index (χ0) is 34.9. The van der Waals surface area contributed by atoms with E-state index in [1.807, 2.05) is 55.4 Å². The number of nitrogens with zero attached hydrogens (tertiary/aromatic N) is 1. The number of primary amides is 1. The van der Waals surface area contributed by atoms with E-state index in [0.717, 1.165) is 19.3 Å². The van der Waals surface area contributed by atoms with E-state index in [9.17, 15) is 28.8 Å². The van der Waals surface area contributed by atoms with Crippen LogP contribution in [0.2, 0.25) is 0 Å². The number of rotatable bonds is 12. The maximum atomic E-state index is 14.2. The maximum absolute atomic E-state index is 14.2. The Balaban J connectivity index is 1.76. The number of carbonyl (C=O) groups is 6. The molecule has 0 aromatic carbocycles. The Morgan fingerprint density at radius 1 is 0.913 bits per heavy atom. The first-order valence-corrected chi connectivity index (χ1v) is 16.6. The van der Waals surface area contributed by atoms with Gasteiger partial charge in [-0.05, 0) is 61.7 Å². The lowest BCUT2D eigenvalue weighted by Crippen LogP contribution is -2.62. The first-order valence-electron chi connectivity index (χ1n) is 16.6. The van der Waals surface area contributed by atoms with Crippen LogP contribution in [-0.4, -0.2) is 83.3 Å². The van der Waals surface area contributed by atoms with Crippen LogP contribution in [-0.2, 0) is 19.2 Å². The molecule has 7 N–H and O–H groups in total. The quantitative estimate of drug-likeness (QED) is 0.176. The topological polar surface area (TPSA) is 192 Å². The molecule has 13 heteroatoms. The van der Waals surface area contributed by atoms with Crippen LogP contribution in [0.1, 0.15) is 94.9 Å². The average Bonchev–Trinajstić information content (AvgIpc) is 3.20. The van der Waals surface area contributed by atoms with Gasteiger partial charge in [-0.25, -0.2) is 9.59 Å². The molecule has 2 saturated carbocycles. The summed E-state index contributed by atoms with van der Waals surface area (Å²) in [7, 11) is 0. The van der Waals surface area contributed by atoms with Crippen LogP contribution >= 0.6 is 0 Å². The number of nitrogens with two attached hydrogens (primary N) is 1. The normalized spacial score (nSPS) is 24.1. The van der Waals surface area contributed by atoms with Crippen LogP contribution in [0.3, 0.4) is 0 Å². The Kier molecular flexibility index (Phi) is 11.1. The van der Waals surface area contributed by atoms with E-state index in [2.05, 4.69) is 40.4 Å². The van der Waals surface area contributed by atoms with E-state index in [1.165, 1.54) is 4.90 Å². The number of hydrogen-bond donors (Lipinski definition) is 6. The van der Waals surface area contributed by atoms with Crippen molar-refractivity contribution in [1.82, 2.24) is 31.5 Å². The maximum Gasteiger partial charge on any atom is 0.315 e. The molecule has 0 aromatic rings. The van der Waals surface area contributed by atoms with E-state index >= 15 is 0 Å². The summed E-state index contributed by atoms with van der Waals surface area (Å²) in [5.74, 6) is -2.66. The molecule has 3 aliphatic rings. The molecule has 0 spiro atoms. The molecule has 3 fully saturated rings. The highest BCUT2D eigenvalue weighted by molar-refractivity contribution is 6.37. The molecule has 1 heterocycles. The van der Waals surface area contributed by atoms with E-state index in [1.54, 1.807) is 0 Å². The second-order valence-electron chi connectivity index (χ2n) is 16.6. The molecular weight excluding hydrogens is 590 g/mol. The first kappa shape index (κ1) is 37.1. The van der Waals surface area contributed by atoms with Gasteiger partial charge in [-0.1, -0.05) is 67.7 Å². The molecular formula is C33H57N7O6. The van der Waals surface area contributed by atoms with Gasteiger partial charge in [0.15, 0.2) is 0 Å². The van der Waals surface area contributed by atoms with Gasteiger partial charge in [0, 0.05) is 18.6 Å². The van der Waals surface area contributed by atoms with Crippen molar-refractivity contribution >= 4 is 35.6 Å².